The number of aryl methyl sites for hydroxylation is 4. The molecular weight excluding hydrogens is 325 g/mol. The zero-order valence-corrected chi connectivity index (χ0v) is 16.1. The summed E-state index contributed by atoms with van der Waals surface area (Å²) in [4.78, 5) is 6.82. The number of hydrogen-bond donors (Lipinski definition) is 1. The highest BCUT2D eigenvalue weighted by molar-refractivity contribution is 5.34. The normalized spacial score (nSPS) is 20.6. The van der Waals surface area contributed by atoms with Crippen molar-refractivity contribution in [2.75, 3.05) is 19.3 Å². The van der Waals surface area contributed by atoms with Crippen LogP contribution < -0.4 is 5.73 Å². The number of nitrogens with two attached hydrogens (primary N) is 1. The van der Waals surface area contributed by atoms with Crippen molar-refractivity contribution in [3.8, 4) is 0 Å². The summed E-state index contributed by atoms with van der Waals surface area (Å²) in [6.45, 7) is 5.50. The number of benzene rings is 1. The molecule has 3 rings (SSSR count). The van der Waals surface area contributed by atoms with Crippen LogP contribution in [0, 0.1) is 18.7 Å². The Morgan fingerprint density at radius 1 is 1.12 bits per heavy atom. The lowest BCUT2D eigenvalue weighted by Gasteiger charge is -2.19. The third-order valence-corrected chi connectivity index (χ3v) is 5.39. The molecule has 1 aromatic heterocycles. The van der Waals surface area contributed by atoms with Crippen LogP contribution in [0.3, 0.4) is 0 Å². The first-order chi connectivity index (χ1) is 12.4. The average Bonchev–Trinajstić information content (AvgIpc) is 2.87. The lowest BCUT2D eigenvalue weighted by atomic mass is 9.98. The fourth-order valence-corrected chi connectivity index (χ4v) is 4.21. The van der Waals surface area contributed by atoms with Crippen molar-refractivity contribution in [3.05, 3.63) is 58.5 Å². The minimum Gasteiger partial charge on any atom is -0.384 e. The second kappa shape index (κ2) is 8.17. The Morgan fingerprint density at radius 2 is 1.85 bits per heavy atom. The van der Waals surface area contributed by atoms with Gasteiger partial charge >= 0.3 is 0 Å². The van der Waals surface area contributed by atoms with E-state index in [1.807, 2.05) is 19.1 Å². The van der Waals surface area contributed by atoms with E-state index in [0.29, 0.717) is 11.9 Å². The zero-order chi connectivity index (χ0) is 18.7. The number of nitrogen functional groups attached to an aromatic ring is 1. The van der Waals surface area contributed by atoms with Crippen molar-refractivity contribution in [1.82, 2.24) is 9.88 Å². The summed E-state index contributed by atoms with van der Waals surface area (Å²) in [5.74, 6) is 1.18. The van der Waals surface area contributed by atoms with Crippen LogP contribution in [0.5, 0.6) is 0 Å². The maximum atomic E-state index is 14.1. The molecule has 0 radical (unpaired) electrons. The van der Waals surface area contributed by atoms with E-state index in [4.69, 9.17) is 5.73 Å². The van der Waals surface area contributed by atoms with E-state index in [-0.39, 0.29) is 5.82 Å². The number of pyridine rings is 1. The molecule has 140 valence electrons. The van der Waals surface area contributed by atoms with Gasteiger partial charge in [-0.25, -0.2) is 9.37 Å². The van der Waals surface area contributed by atoms with Crippen molar-refractivity contribution in [2.24, 2.45) is 5.92 Å². The predicted molar refractivity (Wildman–Crippen MR) is 106 cm³/mol. The fourth-order valence-electron chi connectivity index (χ4n) is 4.21. The Labute approximate surface area is 156 Å². The second-order valence-electron chi connectivity index (χ2n) is 8.00. The van der Waals surface area contributed by atoms with Crippen molar-refractivity contribution in [3.63, 3.8) is 0 Å². The number of hydrogen-bond acceptors (Lipinski definition) is 3. The van der Waals surface area contributed by atoms with Crippen LogP contribution in [0.25, 0.3) is 0 Å². The summed E-state index contributed by atoms with van der Waals surface area (Å²) in [6.07, 6.45) is 4.83. The molecular formula is C22H30FN3. The molecule has 4 heteroatoms. The molecule has 0 amide bonds. The second-order valence-corrected chi connectivity index (χ2v) is 8.00. The van der Waals surface area contributed by atoms with Gasteiger partial charge in [0.1, 0.15) is 11.6 Å². The van der Waals surface area contributed by atoms with Crippen LogP contribution in [-0.4, -0.2) is 29.5 Å². The fraction of sp³-hybridized carbons (Fsp3) is 0.500. The SMILES string of the molecule is Cc1cc(N)nc(CCc2cc(F)cc(CC[C@@H]3C[C@H](C)CN3C)c2)c1. The first kappa shape index (κ1) is 18.8. The summed E-state index contributed by atoms with van der Waals surface area (Å²) in [5.41, 5.74) is 10.0. The smallest absolute Gasteiger partial charge is 0.123 e. The minimum absolute atomic E-state index is 0.137. The molecule has 0 bridgehead atoms. The molecule has 2 N–H and O–H groups in total. The van der Waals surface area contributed by atoms with Crippen LogP contribution in [-0.2, 0) is 19.3 Å². The van der Waals surface area contributed by atoms with Crippen molar-refractivity contribution >= 4 is 5.82 Å². The van der Waals surface area contributed by atoms with Gasteiger partial charge in [0, 0.05) is 18.3 Å². The summed E-state index contributed by atoms with van der Waals surface area (Å²) < 4.78 is 14.1. The van der Waals surface area contributed by atoms with Gasteiger partial charge in [-0.2, -0.15) is 0 Å². The quantitative estimate of drug-likeness (QED) is 0.846. The van der Waals surface area contributed by atoms with Crippen LogP contribution in [0.2, 0.25) is 0 Å². The van der Waals surface area contributed by atoms with Gasteiger partial charge in [0.2, 0.25) is 0 Å². The van der Waals surface area contributed by atoms with Gasteiger partial charge in [-0.1, -0.05) is 13.0 Å². The number of halogens is 1. The summed E-state index contributed by atoms with van der Waals surface area (Å²) in [5, 5.41) is 0. The molecule has 2 atom stereocenters. The van der Waals surface area contributed by atoms with Gasteiger partial charge in [0.25, 0.3) is 0 Å². The number of nitrogens with zero attached hydrogens (tertiary/aromatic N) is 2. The Hall–Kier alpha value is -1.94. The molecule has 2 aromatic rings. The maximum absolute atomic E-state index is 14.1. The van der Waals surface area contributed by atoms with E-state index < -0.39 is 0 Å². The minimum atomic E-state index is -0.137. The van der Waals surface area contributed by atoms with Gasteiger partial charge in [0.15, 0.2) is 0 Å². The van der Waals surface area contributed by atoms with Crippen LogP contribution in [0.15, 0.2) is 30.3 Å². The van der Waals surface area contributed by atoms with Crippen molar-refractivity contribution in [2.45, 2.75) is 52.0 Å². The highest BCUT2D eigenvalue weighted by Gasteiger charge is 2.25. The highest BCUT2D eigenvalue weighted by Crippen LogP contribution is 2.25. The van der Waals surface area contributed by atoms with E-state index in [1.54, 1.807) is 12.1 Å². The topological polar surface area (TPSA) is 42.1 Å². The van der Waals surface area contributed by atoms with E-state index in [2.05, 4.69) is 29.9 Å². The van der Waals surface area contributed by atoms with Crippen molar-refractivity contribution < 1.29 is 4.39 Å². The molecule has 1 fully saturated rings. The van der Waals surface area contributed by atoms with E-state index in [9.17, 15) is 4.39 Å². The summed E-state index contributed by atoms with van der Waals surface area (Å²) >= 11 is 0. The zero-order valence-electron chi connectivity index (χ0n) is 16.1. The van der Waals surface area contributed by atoms with E-state index in [1.165, 1.54) is 13.0 Å². The van der Waals surface area contributed by atoms with Crippen LogP contribution >= 0.6 is 0 Å². The van der Waals surface area contributed by atoms with Crippen LogP contribution in [0.4, 0.5) is 10.2 Å². The largest absolute Gasteiger partial charge is 0.384 e. The lowest BCUT2D eigenvalue weighted by Crippen LogP contribution is -2.25. The van der Waals surface area contributed by atoms with Gasteiger partial charge in [0.05, 0.1) is 0 Å². The van der Waals surface area contributed by atoms with Gasteiger partial charge in [-0.15, -0.1) is 0 Å². The van der Waals surface area contributed by atoms with E-state index >= 15 is 0 Å². The van der Waals surface area contributed by atoms with Gasteiger partial charge in [-0.05, 0) is 92.9 Å². The van der Waals surface area contributed by atoms with Crippen LogP contribution in [0.1, 0.15) is 42.1 Å². The summed E-state index contributed by atoms with van der Waals surface area (Å²) in [7, 11) is 2.20. The maximum Gasteiger partial charge on any atom is 0.123 e. The molecule has 0 spiro atoms. The first-order valence-corrected chi connectivity index (χ1v) is 9.60. The van der Waals surface area contributed by atoms with Crippen molar-refractivity contribution in [1.29, 1.82) is 0 Å². The Bertz CT molecular complexity index is 739. The van der Waals surface area contributed by atoms with Gasteiger partial charge in [-0.3, -0.25) is 0 Å². The lowest BCUT2D eigenvalue weighted by molar-refractivity contribution is 0.295. The average molecular weight is 356 g/mol. The Morgan fingerprint density at radius 3 is 2.50 bits per heavy atom. The molecule has 0 aliphatic carbocycles. The summed E-state index contributed by atoms with van der Waals surface area (Å²) in [6, 6.07) is 10.0. The van der Waals surface area contributed by atoms with Gasteiger partial charge < -0.3 is 10.6 Å². The number of rotatable bonds is 6. The number of likely N-dealkylation sites (tertiary alicyclic amines) is 1. The third-order valence-electron chi connectivity index (χ3n) is 5.39. The monoisotopic (exact) mass is 355 g/mol. The molecule has 26 heavy (non-hydrogen) atoms. The first-order valence-electron chi connectivity index (χ1n) is 9.60. The highest BCUT2D eigenvalue weighted by atomic mass is 19.1. The Balaban J connectivity index is 1.62. The molecule has 0 saturated carbocycles. The third kappa shape index (κ3) is 5.04. The standard InChI is InChI=1S/C22H30FN3/c1-15-8-20(25-22(24)10-15)6-4-17-11-18(13-19(23)12-17)5-7-21-9-16(2)14-26(21)3/h8,10-13,16,21H,4-7,9,14H2,1-3H3,(H2,24,25)/t16-,21+/m0/s1. The molecule has 1 saturated heterocycles. The molecule has 0 unspecified atom stereocenters. The Kier molecular flexibility index (Phi) is 5.92. The molecule has 3 nitrogen and oxygen atoms in total. The molecule has 1 aromatic carbocycles. The molecule has 1 aliphatic heterocycles. The number of anilines is 1. The molecule has 2 heterocycles. The molecule has 1 aliphatic rings. The number of aromatic nitrogens is 1. The van der Waals surface area contributed by atoms with E-state index in [0.717, 1.165) is 54.0 Å². The predicted octanol–water partition coefficient (Wildman–Crippen LogP) is 4.17.